The van der Waals surface area contributed by atoms with Gasteiger partial charge in [0.05, 0.1) is 12.8 Å². The van der Waals surface area contributed by atoms with E-state index < -0.39 is 16.3 Å². The van der Waals surface area contributed by atoms with Gasteiger partial charge in [0.25, 0.3) is 0 Å². The summed E-state index contributed by atoms with van der Waals surface area (Å²) in [5.74, 6) is 0. The molecule has 0 aliphatic rings. The fourth-order valence-electron chi connectivity index (χ4n) is 1.13. The van der Waals surface area contributed by atoms with E-state index in [1.54, 1.807) is 16.9 Å². The zero-order valence-electron chi connectivity index (χ0n) is 9.15. The van der Waals surface area contributed by atoms with Gasteiger partial charge in [0, 0.05) is 4.47 Å². The third kappa shape index (κ3) is 4.61. The van der Waals surface area contributed by atoms with Crippen molar-refractivity contribution in [2.75, 3.05) is 11.8 Å². The highest BCUT2D eigenvalue weighted by molar-refractivity contribution is 9.10. The summed E-state index contributed by atoms with van der Waals surface area (Å²) in [6.07, 6.45) is -1.05. The summed E-state index contributed by atoms with van der Waals surface area (Å²) >= 11 is 3.24. The van der Waals surface area contributed by atoms with Crippen LogP contribution in [0.1, 0.15) is 5.56 Å². The maximum absolute atomic E-state index is 11.5. The summed E-state index contributed by atoms with van der Waals surface area (Å²) in [4.78, 5) is 10.8. The molecule has 2 N–H and O–H groups in total. The van der Waals surface area contributed by atoms with Crippen molar-refractivity contribution in [1.82, 2.24) is 4.72 Å². The minimum atomic E-state index is -3.97. The second kappa shape index (κ2) is 5.37. The van der Waals surface area contributed by atoms with Crippen molar-refractivity contribution in [1.29, 1.82) is 0 Å². The van der Waals surface area contributed by atoms with E-state index in [0.717, 1.165) is 17.1 Å². The van der Waals surface area contributed by atoms with Crippen LogP contribution in [0.3, 0.4) is 0 Å². The molecule has 0 fully saturated rings. The van der Waals surface area contributed by atoms with Crippen molar-refractivity contribution in [2.45, 2.75) is 6.92 Å². The average Bonchev–Trinajstić information content (AvgIpc) is 2.13. The average molecular weight is 323 g/mol. The number of anilines is 1. The summed E-state index contributed by atoms with van der Waals surface area (Å²) in [6, 6.07) is 5.02. The lowest BCUT2D eigenvalue weighted by molar-refractivity contribution is 0.177. The van der Waals surface area contributed by atoms with Crippen LogP contribution < -0.4 is 9.44 Å². The van der Waals surface area contributed by atoms with Gasteiger partial charge in [0.15, 0.2) is 0 Å². The topological polar surface area (TPSA) is 84.5 Å². The van der Waals surface area contributed by atoms with Gasteiger partial charge in [-0.15, -0.1) is 0 Å². The normalized spacial score (nSPS) is 10.8. The van der Waals surface area contributed by atoms with Crippen LogP contribution in [0.15, 0.2) is 22.7 Å². The number of aryl methyl sites for hydroxylation is 1. The zero-order valence-corrected chi connectivity index (χ0v) is 11.6. The van der Waals surface area contributed by atoms with E-state index in [0.29, 0.717) is 5.69 Å². The molecule has 1 aromatic rings. The van der Waals surface area contributed by atoms with Crippen LogP contribution in [-0.4, -0.2) is 21.6 Å². The molecule has 0 aliphatic carbocycles. The first-order valence-electron chi connectivity index (χ1n) is 4.48. The number of hydrogen-bond donors (Lipinski definition) is 2. The van der Waals surface area contributed by atoms with Crippen LogP contribution in [0.4, 0.5) is 10.5 Å². The zero-order chi connectivity index (χ0) is 13.1. The van der Waals surface area contributed by atoms with Crippen molar-refractivity contribution in [3.63, 3.8) is 0 Å². The Labute approximate surface area is 108 Å². The first-order valence-corrected chi connectivity index (χ1v) is 6.76. The van der Waals surface area contributed by atoms with Gasteiger partial charge in [0.1, 0.15) is 0 Å². The Morgan fingerprint density at radius 2 is 2.00 bits per heavy atom. The van der Waals surface area contributed by atoms with E-state index in [2.05, 4.69) is 25.4 Å². The van der Waals surface area contributed by atoms with E-state index in [1.165, 1.54) is 0 Å². The van der Waals surface area contributed by atoms with Gasteiger partial charge < -0.3 is 4.74 Å². The highest BCUT2D eigenvalue weighted by Crippen LogP contribution is 2.19. The third-order valence-corrected chi connectivity index (χ3v) is 3.10. The lowest BCUT2D eigenvalue weighted by atomic mass is 10.2. The van der Waals surface area contributed by atoms with Gasteiger partial charge in [-0.25, -0.2) is 9.52 Å². The van der Waals surface area contributed by atoms with Crippen molar-refractivity contribution < 1.29 is 17.9 Å². The molecule has 17 heavy (non-hydrogen) atoms. The lowest BCUT2D eigenvalue weighted by Crippen LogP contribution is -2.35. The highest BCUT2D eigenvalue weighted by Gasteiger charge is 2.14. The minimum Gasteiger partial charge on any atom is -0.452 e. The van der Waals surface area contributed by atoms with Crippen molar-refractivity contribution in [3.8, 4) is 0 Å². The van der Waals surface area contributed by atoms with Crippen molar-refractivity contribution in [3.05, 3.63) is 28.2 Å². The van der Waals surface area contributed by atoms with E-state index in [-0.39, 0.29) is 0 Å². The molecule has 1 amide bonds. The molecule has 0 atom stereocenters. The first-order chi connectivity index (χ1) is 7.82. The summed E-state index contributed by atoms with van der Waals surface area (Å²) < 4.78 is 31.7. The smallest absolute Gasteiger partial charge is 0.422 e. The number of carbonyl (C=O) groups excluding carboxylic acids is 1. The molecule has 0 aromatic heterocycles. The molecule has 0 bridgehead atoms. The highest BCUT2D eigenvalue weighted by atomic mass is 79.9. The quantitative estimate of drug-likeness (QED) is 0.888. The van der Waals surface area contributed by atoms with Gasteiger partial charge in [0.2, 0.25) is 0 Å². The molecular formula is C9H11BrN2O4S. The SMILES string of the molecule is COC(=O)NS(=O)(=O)Nc1cc(C)cc(Br)c1. The number of carbonyl (C=O) groups is 1. The number of rotatable bonds is 3. The van der Waals surface area contributed by atoms with Crippen LogP contribution in [-0.2, 0) is 14.9 Å². The fraction of sp³-hybridized carbons (Fsp3) is 0.222. The molecule has 94 valence electrons. The standard InChI is InChI=1S/C9H11BrN2O4S/c1-6-3-7(10)5-8(4-6)11-17(14,15)12-9(13)16-2/h3-5,11H,1-2H3,(H,12,13). The lowest BCUT2D eigenvalue weighted by Gasteiger charge is -2.09. The summed E-state index contributed by atoms with van der Waals surface area (Å²) in [6.45, 7) is 1.82. The number of ether oxygens (including phenoxy) is 1. The molecule has 1 aromatic carbocycles. The van der Waals surface area contributed by atoms with Gasteiger partial charge in [-0.3, -0.25) is 4.72 Å². The Morgan fingerprint density at radius 1 is 1.35 bits per heavy atom. The number of hydrogen-bond acceptors (Lipinski definition) is 4. The maximum atomic E-state index is 11.5. The predicted octanol–water partition coefficient (Wildman–Crippen LogP) is 1.77. The second-order valence-electron chi connectivity index (χ2n) is 3.22. The molecule has 0 radical (unpaired) electrons. The molecule has 8 heteroatoms. The van der Waals surface area contributed by atoms with Crippen molar-refractivity contribution in [2.24, 2.45) is 0 Å². The summed E-state index contributed by atoms with van der Waals surface area (Å²) in [7, 11) is -2.90. The van der Waals surface area contributed by atoms with E-state index >= 15 is 0 Å². The number of halogens is 1. The Hall–Kier alpha value is -1.28. The Morgan fingerprint density at radius 3 is 2.53 bits per heavy atom. The Balaban J connectivity index is 2.86. The van der Waals surface area contributed by atoms with Gasteiger partial charge in [-0.2, -0.15) is 8.42 Å². The monoisotopic (exact) mass is 322 g/mol. The van der Waals surface area contributed by atoms with Crippen molar-refractivity contribution >= 4 is 37.9 Å². The molecule has 0 heterocycles. The third-order valence-electron chi connectivity index (χ3n) is 1.70. The molecule has 0 unspecified atom stereocenters. The molecule has 0 saturated heterocycles. The first kappa shape index (κ1) is 13.8. The van der Waals surface area contributed by atoms with Gasteiger partial charge in [-0.05, 0) is 30.7 Å². The van der Waals surface area contributed by atoms with E-state index in [1.807, 2.05) is 13.0 Å². The maximum Gasteiger partial charge on any atom is 0.422 e. The minimum absolute atomic E-state index is 0.341. The molecule has 1 rings (SSSR count). The molecular weight excluding hydrogens is 312 g/mol. The Bertz CT molecular complexity index is 510. The number of benzene rings is 1. The molecule has 0 saturated carbocycles. The number of nitrogens with one attached hydrogen (secondary N) is 2. The summed E-state index contributed by atoms with van der Waals surface area (Å²) in [5, 5.41) is 0. The van der Waals surface area contributed by atoms with E-state index in [9.17, 15) is 13.2 Å². The van der Waals surface area contributed by atoms with Crippen LogP contribution in [0, 0.1) is 6.92 Å². The van der Waals surface area contributed by atoms with Crippen LogP contribution in [0.5, 0.6) is 0 Å². The van der Waals surface area contributed by atoms with Crippen LogP contribution in [0.2, 0.25) is 0 Å². The van der Waals surface area contributed by atoms with Gasteiger partial charge in [-0.1, -0.05) is 15.9 Å². The van der Waals surface area contributed by atoms with Gasteiger partial charge >= 0.3 is 16.3 Å². The molecule has 6 nitrogen and oxygen atoms in total. The predicted molar refractivity (Wildman–Crippen MR) is 67.0 cm³/mol. The van der Waals surface area contributed by atoms with Crippen LogP contribution in [0.25, 0.3) is 0 Å². The second-order valence-corrected chi connectivity index (χ2v) is 5.55. The largest absolute Gasteiger partial charge is 0.452 e. The molecule has 0 spiro atoms. The summed E-state index contributed by atoms with van der Waals surface area (Å²) in [5.41, 5.74) is 1.21. The Kier molecular flexibility index (Phi) is 4.35. The molecule has 0 aliphatic heterocycles. The fourth-order valence-corrected chi connectivity index (χ4v) is 2.52. The van der Waals surface area contributed by atoms with E-state index in [4.69, 9.17) is 0 Å². The number of methoxy groups -OCH3 is 1. The van der Waals surface area contributed by atoms with Crippen LogP contribution >= 0.6 is 15.9 Å². The number of amides is 1.